The summed E-state index contributed by atoms with van der Waals surface area (Å²) in [5.41, 5.74) is 2.35. The summed E-state index contributed by atoms with van der Waals surface area (Å²) in [6.45, 7) is 3.16. The van der Waals surface area contributed by atoms with E-state index in [2.05, 4.69) is 12.2 Å². The minimum Gasteiger partial charge on any atom is -0.493 e. The van der Waals surface area contributed by atoms with Gasteiger partial charge in [0.2, 0.25) is 0 Å². The van der Waals surface area contributed by atoms with Crippen molar-refractivity contribution in [2.45, 2.75) is 32.6 Å². The van der Waals surface area contributed by atoms with Gasteiger partial charge in [0.25, 0.3) is 0 Å². The second kappa shape index (κ2) is 5.98. The number of aryl methyl sites for hydroxylation is 1. The van der Waals surface area contributed by atoms with Crippen LogP contribution in [-0.4, -0.2) is 20.8 Å². The predicted molar refractivity (Wildman–Crippen MR) is 74.7 cm³/mol. The van der Waals surface area contributed by atoms with E-state index in [1.165, 1.54) is 31.2 Å². The Morgan fingerprint density at radius 2 is 1.72 bits per heavy atom. The molecule has 18 heavy (non-hydrogen) atoms. The summed E-state index contributed by atoms with van der Waals surface area (Å²) in [5, 5.41) is 3.55. The first-order valence-electron chi connectivity index (χ1n) is 6.71. The maximum Gasteiger partial charge on any atom is 0.162 e. The Hall–Kier alpha value is -1.38. The minimum absolute atomic E-state index is 0.789. The molecule has 0 saturated heterocycles. The van der Waals surface area contributed by atoms with Crippen LogP contribution in [0.5, 0.6) is 11.5 Å². The summed E-state index contributed by atoms with van der Waals surface area (Å²) in [4.78, 5) is 0. The van der Waals surface area contributed by atoms with Gasteiger partial charge in [-0.2, -0.15) is 0 Å². The van der Waals surface area contributed by atoms with Crippen LogP contribution in [0.1, 0.15) is 31.2 Å². The van der Waals surface area contributed by atoms with E-state index in [0.717, 1.165) is 29.6 Å². The smallest absolute Gasteiger partial charge is 0.162 e. The van der Waals surface area contributed by atoms with Gasteiger partial charge in [-0.25, -0.2) is 0 Å². The van der Waals surface area contributed by atoms with Gasteiger partial charge in [-0.05, 0) is 37.3 Å². The molecular formula is C15H23NO2. The summed E-state index contributed by atoms with van der Waals surface area (Å²) >= 11 is 0. The zero-order chi connectivity index (χ0) is 13.0. The highest BCUT2D eigenvalue weighted by atomic mass is 16.5. The van der Waals surface area contributed by atoms with Gasteiger partial charge in [0.1, 0.15) is 0 Å². The average Bonchev–Trinajstić information content (AvgIpc) is 2.90. The first-order valence-corrected chi connectivity index (χ1v) is 6.71. The Balaban J connectivity index is 2.06. The summed E-state index contributed by atoms with van der Waals surface area (Å²) in [7, 11) is 3.34. The van der Waals surface area contributed by atoms with Crippen molar-refractivity contribution in [3.05, 3.63) is 17.7 Å². The molecule has 3 heteroatoms. The lowest BCUT2D eigenvalue weighted by molar-refractivity contribution is 0.355. The molecule has 0 aliphatic heterocycles. The molecule has 0 aromatic heterocycles. The number of hydrogen-bond acceptors (Lipinski definition) is 3. The van der Waals surface area contributed by atoms with Crippen LogP contribution in [0, 0.1) is 12.8 Å². The SMILES string of the molecule is COc1cc(C)c(NCC2CCCC2)cc1OC. The number of nitrogens with one attached hydrogen (secondary N) is 1. The zero-order valence-corrected chi connectivity index (χ0v) is 11.6. The molecule has 1 aromatic carbocycles. The Morgan fingerprint density at radius 1 is 1.11 bits per heavy atom. The molecule has 1 saturated carbocycles. The Bertz CT molecular complexity index is 398. The lowest BCUT2D eigenvalue weighted by Crippen LogP contribution is -2.11. The number of ether oxygens (including phenoxy) is 2. The average molecular weight is 249 g/mol. The number of anilines is 1. The maximum atomic E-state index is 5.34. The van der Waals surface area contributed by atoms with Gasteiger partial charge in [-0.3, -0.25) is 0 Å². The fourth-order valence-electron chi connectivity index (χ4n) is 2.64. The van der Waals surface area contributed by atoms with Crippen LogP contribution in [0.25, 0.3) is 0 Å². The van der Waals surface area contributed by atoms with Crippen molar-refractivity contribution < 1.29 is 9.47 Å². The predicted octanol–water partition coefficient (Wildman–Crippen LogP) is 3.61. The number of methoxy groups -OCH3 is 2. The van der Waals surface area contributed by atoms with Crippen molar-refractivity contribution in [3.63, 3.8) is 0 Å². The third-order valence-corrected chi connectivity index (χ3v) is 3.79. The number of hydrogen-bond donors (Lipinski definition) is 1. The van der Waals surface area contributed by atoms with Crippen molar-refractivity contribution in [2.24, 2.45) is 5.92 Å². The van der Waals surface area contributed by atoms with Crippen LogP contribution in [0.2, 0.25) is 0 Å². The normalized spacial score (nSPS) is 15.7. The quantitative estimate of drug-likeness (QED) is 0.864. The Morgan fingerprint density at radius 3 is 2.33 bits per heavy atom. The largest absolute Gasteiger partial charge is 0.493 e. The van der Waals surface area contributed by atoms with E-state index in [1.807, 2.05) is 12.1 Å². The molecule has 100 valence electrons. The topological polar surface area (TPSA) is 30.5 Å². The molecule has 0 radical (unpaired) electrons. The van der Waals surface area contributed by atoms with Gasteiger partial charge in [-0.15, -0.1) is 0 Å². The summed E-state index contributed by atoms with van der Waals surface area (Å²) in [5.74, 6) is 2.41. The monoisotopic (exact) mass is 249 g/mol. The zero-order valence-electron chi connectivity index (χ0n) is 11.6. The van der Waals surface area contributed by atoms with Crippen LogP contribution in [0.15, 0.2) is 12.1 Å². The molecule has 3 nitrogen and oxygen atoms in total. The number of benzene rings is 1. The molecule has 1 aliphatic carbocycles. The second-order valence-corrected chi connectivity index (χ2v) is 5.05. The summed E-state index contributed by atoms with van der Waals surface area (Å²) in [6.07, 6.45) is 5.49. The van der Waals surface area contributed by atoms with Crippen molar-refractivity contribution in [1.82, 2.24) is 0 Å². The highest BCUT2D eigenvalue weighted by Crippen LogP contribution is 2.33. The van der Waals surface area contributed by atoms with E-state index >= 15 is 0 Å². The molecule has 0 bridgehead atoms. The number of rotatable bonds is 5. The van der Waals surface area contributed by atoms with E-state index in [-0.39, 0.29) is 0 Å². The lowest BCUT2D eigenvalue weighted by Gasteiger charge is -2.16. The molecule has 0 atom stereocenters. The first-order chi connectivity index (χ1) is 8.74. The molecule has 0 spiro atoms. The van der Waals surface area contributed by atoms with Gasteiger partial charge in [-0.1, -0.05) is 12.8 Å². The molecule has 1 N–H and O–H groups in total. The highest BCUT2D eigenvalue weighted by Gasteiger charge is 2.15. The van der Waals surface area contributed by atoms with E-state index in [9.17, 15) is 0 Å². The first kappa shape index (κ1) is 13.1. The molecule has 1 fully saturated rings. The van der Waals surface area contributed by atoms with Crippen LogP contribution < -0.4 is 14.8 Å². The molecular weight excluding hydrogens is 226 g/mol. The van der Waals surface area contributed by atoms with Gasteiger partial charge in [0.05, 0.1) is 14.2 Å². The second-order valence-electron chi connectivity index (χ2n) is 5.05. The van der Waals surface area contributed by atoms with Crippen molar-refractivity contribution in [2.75, 3.05) is 26.1 Å². The van der Waals surface area contributed by atoms with E-state index in [1.54, 1.807) is 14.2 Å². The third-order valence-electron chi connectivity index (χ3n) is 3.79. The molecule has 2 rings (SSSR count). The van der Waals surface area contributed by atoms with E-state index in [4.69, 9.17) is 9.47 Å². The van der Waals surface area contributed by atoms with Crippen molar-refractivity contribution >= 4 is 5.69 Å². The molecule has 0 heterocycles. The Kier molecular flexibility index (Phi) is 4.34. The Labute approximate surface area is 109 Å². The van der Waals surface area contributed by atoms with E-state index in [0.29, 0.717) is 0 Å². The van der Waals surface area contributed by atoms with Crippen molar-refractivity contribution in [3.8, 4) is 11.5 Å². The maximum absolute atomic E-state index is 5.34. The lowest BCUT2D eigenvalue weighted by atomic mass is 10.1. The fraction of sp³-hybridized carbons (Fsp3) is 0.600. The summed E-state index contributed by atoms with van der Waals surface area (Å²) in [6, 6.07) is 4.05. The van der Waals surface area contributed by atoms with Gasteiger partial charge in [0.15, 0.2) is 11.5 Å². The van der Waals surface area contributed by atoms with Crippen LogP contribution >= 0.6 is 0 Å². The van der Waals surface area contributed by atoms with Crippen LogP contribution in [0.3, 0.4) is 0 Å². The highest BCUT2D eigenvalue weighted by molar-refractivity contribution is 5.60. The van der Waals surface area contributed by atoms with Crippen LogP contribution in [0.4, 0.5) is 5.69 Å². The third kappa shape index (κ3) is 2.89. The van der Waals surface area contributed by atoms with Gasteiger partial charge < -0.3 is 14.8 Å². The van der Waals surface area contributed by atoms with Crippen molar-refractivity contribution in [1.29, 1.82) is 0 Å². The van der Waals surface area contributed by atoms with Gasteiger partial charge >= 0.3 is 0 Å². The summed E-state index contributed by atoms with van der Waals surface area (Å²) < 4.78 is 10.6. The van der Waals surface area contributed by atoms with Gasteiger partial charge in [0, 0.05) is 18.3 Å². The fourth-order valence-corrected chi connectivity index (χ4v) is 2.64. The minimum atomic E-state index is 0.789. The molecule has 0 amide bonds. The molecule has 1 aliphatic rings. The van der Waals surface area contributed by atoms with E-state index < -0.39 is 0 Å². The standard InChI is InChI=1S/C15H23NO2/c1-11-8-14(17-2)15(18-3)9-13(11)16-10-12-6-4-5-7-12/h8-9,12,16H,4-7,10H2,1-3H3. The molecule has 0 unspecified atom stereocenters. The molecule has 1 aromatic rings. The van der Waals surface area contributed by atoms with Crippen LogP contribution in [-0.2, 0) is 0 Å².